The van der Waals surface area contributed by atoms with Crippen LogP contribution >= 0.6 is 0 Å². The van der Waals surface area contributed by atoms with Crippen molar-refractivity contribution in [3.05, 3.63) is 11.8 Å². The Kier molecular flexibility index (Phi) is 6.72. The molecule has 0 amide bonds. The lowest BCUT2D eigenvalue weighted by Gasteiger charge is -2.51. The molecule has 0 spiro atoms. The van der Waals surface area contributed by atoms with E-state index in [2.05, 4.69) is 0 Å². The SMILES string of the molecule is O=C1C=C(C2CCC(O)CC2)OC2C1C(O)CC(O)C2C1OC(CO)C(O)C(O)C1O. The first-order valence-corrected chi connectivity index (χ1v) is 11.0. The largest absolute Gasteiger partial charge is 0.493 e. The maximum atomic E-state index is 12.9. The van der Waals surface area contributed by atoms with E-state index in [1.807, 2.05) is 0 Å². The summed E-state index contributed by atoms with van der Waals surface area (Å²) >= 11 is 0. The van der Waals surface area contributed by atoms with Crippen molar-refractivity contribution >= 4 is 5.78 Å². The summed E-state index contributed by atoms with van der Waals surface area (Å²) in [5, 5.41) is 71.4. The fourth-order valence-corrected chi connectivity index (χ4v) is 5.59. The molecule has 10 nitrogen and oxygen atoms in total. The zero-order valence-electron chi connectivity index (χ0n) is 17.1. The van der Waals surface area contributed by atoms with Crippen molar-refractivity contribution in [2.24, 2.45) is 17.8 Å². The number of allylic oxidation sites excluding steroid dienone is 2. The second-order valence-electron chi connectivity index (χ2n) is 9.30. The van der Waals surface area contributed by atoms with Gasteiger partial charge in [-0.15, -0.1) is 0 Å². The van der Waals surface area contributed by atoms with Crippen molar-refractivity contribution in [1.29, 1.82) is 0 Å². The summed E-state index contributed by atoms with van der Waals surface area (Å²) < 4.78 is 11.8. The summed E-state index contributed by atoms with van der Waals surface area (Å²) in [5.41, 5.74) is 0. The predicted octanol–water partition coefficient (Wildman–Crippen LogP) is -2.41. The van der Waals surface area contributed by atoms with Gasteiger partial charge in [0.2, 0.25) is 0 Å². The van der Waals surface area contributed by atoms with Gasteiger partial charge in [-0.2, -0.15) is 0 Å². The van der Waals surface area contributed by atoms with Crippen LogP contribution in [0.4, 0.5) is 0 Å². The summed E-state index contributed by atoms with van der Waals surface area (Å²) in [5.74, 6) is -1.96. The van der Waals surface area contributed by atoms with Crippen molar-refractivity contribution in [2.75, 3.05) is 6.61 Å². The summed E-state index contributed by atoms with van der Waals surface area (Å²) in [6, 6.07) is 0. The molecule has 176 valence electrons. The highest BCUT2D eigenvalue weighted by Gasteiger charge is 2.57. The van der Waals surface area contributed by atoms with E-state index in [0.717, 1.165) is 0 Å². The second-order valence-corrected chi connectivity index (χ2v) is 9.30. The number of hydrogen-bond donors (Lipinski definition) is 7. The quantitative estimate of drug-likeness (QED) is 0.248. The van der Waals surface area contributed by atoms with Gasteiger partial charge in [0.1, 0.15) is 36.3 Å². The molecule has 31 heavy (non-hydrogen) atoms. The van der Waals surface area contributed by atoms with Crippen molar-refractivity contribution < 1.29 is 50.0 Å². The molecule has 2 aliphatic heterocycles. The Morgan fingerprint density at radius 1 is 0.871 bits per heavy atom. The lowest BCUT2D eigenvalue weighted by Crippen LogP contribution is -2.66. The minimum absolute atomic E-state index is 0.0834. The molecule has 2 heterocycles. The highest BCUT2D eigenvalue weighted by atomic mass is 16.6. The average molecular weight is 444 g/mol. The first-order chi connectivity index (χ1) is 14.7. The molecule has 0 aromatic carbocycles. The molecule has 0 aromatic rings. The Morgan fingerprint density at radius 2 is 1.55 bits per heavy atom. The molecule has 2 aliphatic carbocycles. The summed E-state index contributed by atoms with van der Waals surface area (Å²) in [7, 11) is 0. The van der Waals surface area contributed by atoms with Gasteiger partial charge in [0.05, 0.1) is 42.9 Å². The fraction of sp³-hybridized carbons (Fsp3) is 0.857. The number of aliphatic hydroxyl groups is 7. The highest BCUT2D eigenvalue weighted by Crippen LogP contribution is 2.44. The van der Waals surface area contributed by atoms with Crippen LogP contribution in [0.15, 0.2) is 11.8 Å². The number of hydrogen-bond acceptors (Lipinski definition) is 10. The predicted molar refractivity (Wildman–Crippen MR) is 103 cm³/mol. The van der Waals surface area contributed by atoms with Crippen LogP contribution in [-0.2, 0) is 14.3 Å². The third-order valence-electron chi connectivity index (χ3n) is 7.37. The van der Waals surface area contributed by atoms with Crippen molar-refractivity contribution in [2.45, 2.75) is 87.0 Å². The molecule has 0 radical (unpaired) electrons. The monoisotopic (exact) mass is 444 g/mol. The van der Waals surface area contributed by atoms with Crippen LogP contribution in [0.25, 0.3) is 0 Å². The topological polar surface area (TPSA) is 177 Å². The number of carbonyl (C=O) groups is 1. The first kappa shape index (κ1) is 23.1. The third-order valence-corrected chi connectivity index (χ3v) is 7.37. The Bertz CT molecular complexity index is 688. The number of carbonyl (C=O) groups excluding carboxylic acids is 1. The smallest absolute Gasteiger partial charge is 0.168 e. The minimum Gasteiger partial charge on any atom is -0.493 e. The van der Waals surface area contributed by atoms with Gasteiger partial charge in [-0.05, 0) is 25.7 Å². The van der Waals surface area contributed by atoms with E-state index in [-0.39, 0.29) is 24.2 Å². The van der Waals surface area contributed by atoms with Crippen LogP contribution in [0, 0.1) is 17.8 Å². The number of fused-ring (bicyclic) bond motifs is 1. The first-order valence-electron chi connectivity index (χ1n) is 11.0. The minimum atomic E-state index is -1.62. The highest BCUT2D eigenvalue weighted by molar-refractivity contribution is 5.94. The van der Waals surface area contributed by atoms with Gasteiger partial charge < -0.3 is 45.2 Å². The molecule has 4 aliphatic rings. The van der Waals surface area contributed by atoms with E-state index in [1.54, 1.807) is 0 Å². The average Bonchev–Trinajstić information content (AvgIpc) is 2.73. The molecule has 3 fully saturated rings. The molecule has 2 saturated carbocycles. The van der Waals surface area contributed by atoms with Crippen LogP contribution in [0.1, 0.15) is 32.1 Å². The molecule has 0 aromatic heterocycles. The van der Waals surface area contributed by atoms with Gasteiger partial charge in [-0.25, -0.2) is 0 Å². The van der Waals surface area contributed by atoms with Gasteiger partial charge in [0.15, 0.2) is 5.78 Å². The zero-order valence-corrected chi connectivity index (χ0v) is 17.1. The van der Waals surface area contributed by atoms with E-state index in [0.29, 0.717) is 31.4 Å². The van der Waals surface area contributed by atoms with Crippen LogP contribution in [0.5, 0.6) is 0 Å². The molecule has 10 unspecified atom stereocenters. The van der Waals surface area contributed by atoms with Crippen LogP contribution in [-0.4, -0.2) is 103 Å². The Labute approximate surface area is 179 Å². The number of ether oxygens (including phenoxy) is 2. The van der Waals surface area contributed by atoms with Crippen LogP contribution < -0.4 is 0 Å². The molecule has 10 atom stereocenters. The fourth-order valence-electron chi connectivity index (χ4n) is 5.59. The van der Waals surface area contributed by atoms with Crippen molar-refractivity contribution in [3.63, 3.8) is 0 Å². The normalized spacial score (nSPS) is 50.9. The van der Waals surface area contributed by atoms with Crippen molar-refractivity contribution in [3.8, 4) is 0 Å². The summed E-state index contributed by atoms with van der Waals surface area (Å²) in [6.07, 6.45) is -7.25. The Morgan fingerprint density at radius 3 is 2.19 bits per heavy atom. The standard InChI is InChI=1S/C21H32O10/c22-7-14-17(27)18(28)19(29)21(31-14)16-11(25)5-10(24)15-12(26)6-13(30-20(15)16)8-1-3-9(23)4-2-8/h6,8-11,14-25,27-29H,1-5,7H2. The Balaban J connectivity index is 1.62. The number of rotatable bonds is 3. The molecule has 4 rings (SSSR count). The molecular weight excluding hydrogens is 412 g/mol. The lowest BCUT2D eigenvalue weighted by atomic mass is 9.67. The van der Waals surface area contributed by atoms with E-state index in [9.17, 15) is 40.5 Å². The maximum absolute atomic E-state index is 12.9. The summed E-state index contributed by atoms with van der Waals surface area (Å²) in [6.45, 7) is -0.615. The molecule has 0 bridgehead atoms. The zero-order chi connectivity index (χ0) is 22.4. The molecule has 1 saturated heterocycles. The van der Waals surface area contributed by atoms with Crippen LogP contribution in [0.3, 0.4) is 0 Å². The number of ketones is 1. The van der Waals surface area contributed by atoms with Gasteiger partial charge in [0.25, 0.3) is 0 Å². The molecule has 10 heteroatoms. The number of aliphatic hydroxyl groups excluding tert-OH is 7. The van der Waals surface area contributed by atoms with E-state index >= 15 is 0 Å². The van der Waals surface area contributed by atoms with Gasteiger partial charge in [-0.1, -0.05) is 0 Å². The van der Waals surface area contributed by atoms with Gasteiger partial charge in [-0.3, -0.25) is 4.79 Å². The van der Waals surface area contributed by atoms with Gasteiger partial charge >= 0.3 is 0 Å². The molecule has 7 N–H and O–H groups in total. The lowest BCUT2D eigenvalue weighted by molar-refractivity contribution is -0.268. The van der Waals surface area contributed by atoms with E-state index < -0.39 is 67.3 Å². The van der Waals surface area contributed by atoms with E-state index in [4.69, 9.17) is 9.47 Å². The molecular formula is C21H32O10. The second kappa shape index (κ2) is 9.03. The third kappa shape index (κ3) is 4.16. The Hall–Kier alpha value is -1.11. The summed E-state index contributed by atoms with van der Waals surface area (Å²) in [4.78, 5) is 12.9. The van der Waals surface area contributed by atoms with E-state index in [1.165, 1.54) is 6.08 Å². The maximum Gasteiger partial charge on any atom is 0.168 e. The van der Waals surface area contributed by atoms with Crippen LogP contribution in [0.2, 0.25) is 0 Å². The van der Waals surface area contributed by atoms with Crippen molar-refractivity contribution in [1.82, 2.24) is 0 Å². The van der Waals surface area contributed by atoms with Gasteiger partial charge in [0, 0.05) is 18.4 Å².